The number of halogens is 3. The molecule has 1 aromatic rings. The maximum Gasteiger partial charge on any atom is 0.146 e. The van der Waals surface area contributed by atoms with Gasteiger partial charge in [0.2, 0.25) is 0 Å². The molecule has 0 amide bonds. The molecule has 0 unspecified atom stereocenters. The van der Waals surface area contributed by atoms with E-state index >= 15 is 0 Å². The van der Waals surface area contributed by atoms with E-state index in [0.29, 0.717) is 0 Å². The predicted octanol–water partition coefficient (Wildman–Crippen LogP) is 2.84. The van der Waals surface area contributed by atoms with Crippen LogP contribution in [0.2, 0.25) is 10.0 Å². The third-order valence-electron chi connectivity index (χ3n) is 0.969. The number of rotatable bonds is 0. The summed E-state index contributed by atoms with van der Waals surface area (Å²) in [6, 6.07) is 2.07. The standard InChI is InChI=1S/C6H3Cl2FO/c7-4-1-3(10)2-5(9)6(4)8/h1-2,10H. The predicted molar refractivity (Wildman–Crippen MR) is 38.1 cm³/mol. The Bertz CT molecular complexity index is 239. The van der Waals surface area contributed by atoms with Gasteiger partial charge in [-0.05, 0) is 0 Å². The summed E-state index contributed by atoms with van der Waals surface area (Å²) in [5, 5.41) is 8.58. The molecule has 10 heavy (non-hydrogen) atoms. The van der Waals surface area contributed by atoms with Crippen LogP contribution in [-0.2, 0) is 0 Å². The molecule has 4 heteroatoms. The Kier molecular flexibility index (Phi) is 2.02. The molecule has 0 saturated carbocycles. The van der Waals surface area contributed by atoms with Gasteiger partial charge in [-0.3, -0.25) is 0 Å². The van der Waals surface area contributed by atoms with E-state index in [4.69, 9.17) is 28.3 Å². The van der Waals surface area contributed by atoms with Crippen LogP contribution in [0, 0.1) is 5.82 Å². The zero-order valence-electron chi connectivity index (χ0n) is 4.74. The fourth-order valence-electron chi connectivity index (χ4n) is 0.542. The van der Waals surface area contributed by atoms with Crippen molar-refractivity contribution < 1.29 is 9.50 Å². The number of phenolic OH excluding ortho intramolecular Hbond substituents is 1. The molecular weight excluding hydrogens is 178 g/mol. The molecule has 0 heterocycles. The Morgan fingerprint density at radius 2 is 1.90 bits per heavy atom. The normalized spacial score (nSPS) is 9.90. The van der Waals surface area contributed by atoms with E-state index in [0.717, 1.165) is 6.07 Å². The maximum atomic E-state index is 12.5. The quantitative estimate of drug-likeness (QED) is 0.610. The van der Waals surface area contributed by atoms with Crippen molar-refractivity contribution in [2.24, 2.45) is 0 Å². The Hall–Kier alpha value is -0.470. The van der Waals surface area contributed by atoms with Crippen molar-refractivity contribution in [2.75, 3.05) is 0 Å². The van der Waals surface area contributed by atoms with Crippen LogP contribution in [0.5, 0.6) is 5.75 Å². The Balaban J connectivity index is 3.31. The molecule has 0 aliphatic rings. The van der Waals surface area contributed by atoms with E-state index in [1.54, 1.807) is 0 Å². The van der Waals surface area contributed by atoms with Crippen LogP contribution in [0.1, 0.15) is 0 Å². The zero-order valence-corrected chi connectivity index (χ0v) is 6.25. The summed E-state index contributed by atoms with van der Waals surface area (Å²) in [6.07, 6.45) is 0. The molecule has 0 spiro atoms. The fourth-order valence-corrected chi connectivity index (χ4v) is 0.853. The molecule has 1 rings (SSSR count). The highest BCUT2D eigenvalue weighted by Gasteiger charge is 2.05. The summed E-state index contributed by atoms with van der Waals surface area (Å²) < 4.78 is 12.5. The van der Waals surface area contributed by atoms with E-state index < -0.39 is 5.82 Å². The van der Waals surface area contributed by atoms with Crippen molar-refractivity contribution in [1.29, 1.82) is 0 Å². The zero-order chi connectivity index (χ0) is 7.72. The molecule has 54 valence electrons. The van der Waals surface area contributed by atoms with Gasteiger partial charge in [0, 0.05) is 12.1 Å². The summed E-state index contributed by atoms with van der Waals surface area (Å²) in [7, 11) is 0. The smallest absolute Gasteiger partial charge is 0.146 e. The SMILES string of the molecule is Oc1cc(F)c(Cl)c(Cl)c1. The van der Waals surface area contributed by atoms with Gasteiger partial charge in [0.1, 0.15) is 11.6 Å². The first-order chi connectivity index (χ1) is 4.61. The summed E-state index contributed by atoms with van der Waals surface area (Å²) in [5.74, 6) is -0.946. The lowest BCUT2D eigenvalue weighted by Crippen LogP contribution is -1.76. The number of aromatic hydroxyl groups is 1. The van der Waals surface area contributed by atoms with Crippen LogP contribution < -0.4 is 0 Å². The monoisotopic (exact) mass is 180 g/mol. The Morgan fingerprint density at radius 3 is 2.40 bits per heavy atom. The molecule has 0 aliphatic carbocycles. The summed E-state index contributed by atoms with van der Waals surface area (Å²) in [4.78, 5) is 0. The lowest BCUT2D eigenvalue weighted by molar-refractivity contribution is 0.469. The van der Waals surface area contributed by atoms with Crippen molar-refractivity contribution in [3.05, 3.63) is 28.0 Å². The average molecular weight is 181 g/mol. The molecule has 0 aliphatic heterocycles. The second-order valence-corrected chi connectivity index (χ2v) is 2.51. The van der Waals surface area contributed by atoms with E-state index in [1.165, 1.54) is 6.07 Å². The first-order valence-corrected chi connectivity index (χ1v) is 3.20. The summed E-state index contributed by atoms with van der Waals surface area (Å²) >= 11 is 10.7. The number of hydrogen-bond donors (Lipinski definition) is 1. The largest absolute Gasteiger partial charge is 0.508 e. The van der Waals surface area contributed by atoms with Gasteiger partial charge in [0.25, 0.3) is 0 Å². The van der Waals surface area contributed by atoms with Gasteiger partial charge in [0.05, 0.1) is 10.0 Å². The van der Waals surface area contributed by atoms with Crippen molar-refractivity contribution in [2.45, 2.75) is 0 Å². The fraction of sp³-hybridized carbons (Fsp3) is 0. The lowest BCUT2D eigenvalue weighted by atomic mass is 10.3. The van der Waals surface area contributed by atoms with Crippen LogP contribution in [0.15, 0.2) is 12.1 Å². The van der Waals surface area contributed by atoms with E-state index in [-0.39, 0.29) is 15.8 Å². The lowest BCUT2D eigenvalue weighted by Gasteiger charge is -1.96. The van der Waals surface area contributed by atoms with Gasteiger partial charge in [-0.15, -0.1) is 0 Å². The molecule has 0 saturated heterocycles. The van der Waals surface area contributed by atoms with Crippen LogP contribution >= 0.6 is 23.2 Å². The molecule has 1 nitrogen and oxygen atoms in total. The highest BCUT2D eigenvalue weighted by Crippen LogP contribution is 2.28. The first-order valence-electron chi connectivity index (χ1n) is 2.45. The Labute approximate surface area is 67.0 Å². The summed E-state index contributed by atoms with van der Waals surface area (Å²) in [5.41, 5.74) is 0. The second kappa shape index (κ2) is 2.64. The van der Waals surface area contributed by atoms with E-state index in [2.05, 4.69) is 0 Å². The van der Waals surface area contributed by atoms with Crippen LogP contribution in [-0.4, -0.2) is 5.11 Å². The molecule has 0 bridgehead atoms. The molecule has 0 aromatic heterocycles. The van der Waals surface area contributed by atoms with Crippen molar-refractivity contribution in [3.8, 4) is 5.75 Å². The van der Waals surface area contributed by atoms with E-state index in [1.807, 2.05) is 0 Å². The minimum atomic E-state index is -0.716. The first kappa shape index (κ1) is 7.63. The minimum absolute atomic E-state index is 0.0131. The second-order valence-electron chi connectivity index (χ2n) is 1.72. The number of phenols is 1. The summed E-state index contributed by atoms with van der Waals surface area (Å²) in [6.45, 7) is 0. The van der Waals surface area contributed by atoms with Gasteiger partial charge in [-0.25, -0.2) is 4.39 Å². The third-order valence-corrected chi connectivity index (χ3v) is 1.75. The van der Waals surface area contributed by atoms with Gasteiger partial charge >= 0.3 is 0 Å². The van der Waals surface area contributed by atoms with Crippen molar-refractivity contribution in [1.82, 2.24) is 0 Å². The topological polar surface area (TPSA) is 20.2 Å². The minimum Gasteiger partial charge on any atom is -0.508 e. The van der Waals surface area contributed by atoms with Gasteiger partial charge in [-0.2, -0.15) is 0 Å². The number of benzene rings is 1. The third kappa shape index (κ3) is 1.33. The Morgan fingerprint density at radius 1 is 1.30 bits per heavy atom. The van der Waals surface area contributed by atoms with Gasteiger partial charge < -0.3 is 5.11 Å². The highest BCUT2D eigenvalue weighted by atomic mass is 35.5. The molecule has 1 N–H and O–H groups in total. The van der Waals surface area contributed by atoms with Gasteiger partial charge in [-0.1, -0.05) is 23.2 Å². The van der Waals surface area contributed by atoms with Crippen molar-refractivity contribution in [3.63, 3.8) is 0 Å². The van der Waals surface area contributed by atoms with Crippen LogP contribution in [0.3, 0.4) is 0 Å². The highest BCUT2D eigenvalue weighted by molar-refractivity contribution is 6.42. The molecular formula is C6H3Cl2FO. The molecule has 1 aromatic carbocycles. The molecule has 0 atom stereocenters. The van der Waals surface area contributed by atoms with Crippen LogP contribution in [0.4, 0.5) is 4.39 Å². The maximum absolute atomic E-state index is 12.5. The van der Waals surface area contributed by atoms with Crippen molar-refractivity contribution >= 4 is 23.2 Å². The van der Waals surface area contributed by atoms with E-state index in [9.17, 15) is 4.39 Å². The molecule has 0 fully saturated rings. The molecule has 0 radical (unpaired) electrons. The van der Waals surface area contributed by atoms with Crippen LogP contribution in [0.25, 0.3) is 0 Å². The van der Waals surface area contributed by atoms with Gasteiger partial charge in [0.15, 0.2) is 0 Å². The number of hydrogen-bond acceptors (Lipinski definition) is 1. The average Bonchev–Trinajstić information content (AvgIpc) is 1.82.